The van der Waals surface area contributed by atoms with Gasteiger partial charge in [-0.1, -0.05) is 0 Å². The molecule has 0 aromatic heterocycles. The van der Waals surface area contributed by atoms with E-state index in [2.05, 4.69) is 4.90 Å². The highest BCUT2D eigenvalue weighted by molar-refractivity contribution is 4.69. The molecule has 4 heteroatoms. The van der Waals surface area contributed by atoms with Crippen molar-refractivity contribution < 1.29 is 14.6 Å². The molecular formula is C11H25NO3. The molecular weight excluding hydrogens is 194 g/mol. The number of methoxy groups -OCH3 is 1. The maximum absolute atomic E-state index is 9.57. The van der Waals surface area contributed by atoms with Gasteiger partial charge in [0, 0.05) is 26.8 Å². The van der Waals surface area contributed by atoms with Gasteiger partial charge in [0.2, 0.25) is 0 Å². The number of hydrogen-bond donors (Lipinski definition) is 1. The molecule has 0 aliphatic carbocycles. The molecule has 0 aliphatic heterocycles. The van der Waals surface area contributed by atoms with Crippen molar-refractivity contribution in [2.24, 2.45) is 0 Å². The lowest BCUT2D eigenvalue weighted by molar-refractivity contribution is 0.0368. The molecule has 0 bridgehead atoms. The maximum atomic E-state index is 9.57. The molecule has 0 rings (SSSR count). The maximum Gasteiger partial charge on any atom is 0.0718 e. The molecule has 0 radical (unpaired) electrons. The lowest BCUT2D eigenvalue weighted by atomic mass is 10.1. The predicted octanol–water partition coefficient (Wildman–Crippen LogP) is 0.742. The summed E-state index contributed by atoms with van der Waals surface area (Å²) in [4.78, 5) is 2.11. The van der Waals surface area contributed by atoms with Gasteiger partial charge in [-0.3, -0.25) is 0 Å². The lowest BCUT2D eigenvalue weighted by Crippen LogP contribution is -2.36. The zero-order valence-corrected chi connectivity index (χ0v) is 10.5. The van der Waals surface area contributed by atoms with Crippen LogP contribution in [0.4, 0.5) is 0 Å². The predicted molar refractivity (Wildman–Crippen MR) is 61.1 cm³/mol. The smallest absolute Gasteiger partial charge is 0.0718 e. The van der Waals surface area contributed by atoms with Gasteiger partial charge in [0.1, 0.15) is 0 Å². The average molecular weight is 219 g/mol. The molecule has 4 nitrogen and oxygen atoms in total. The molecule has 92 valence electrons. The summed E-state index contributed by atoms with van der Waals surface area (Å²) in [5.74, 6) is 0. The fourth-order valence-corrected chi connectivity index (χ4v) is 1.42. The first-order chi connectivity index (χ1) is 6.95. The van der Waals surface area contributed by atoms with E-state index < -0.39 is 5.60 Å². The third-order valence-corrected chi connectivity index (χ3v) is 1.92. The fraction of sp³-hybridized carbons (Fsp3) is 1.00. The minimum absolute atomic E-state index is 0.619. The Morgan fingerprint density at radius 1 is 1.20 bits per heavy atom. The van der Waals surface area contributed by atoms with Crippen LogP contribution < -0.4 is 0 Å². The SMILES string of the molecule is COCCOCCCN(C)CC(C)(C)O. The van der Waals surface area contributed by atoms with Crippen molar-refractivity contribution in [2.45, 2.75) is 25.9 Å². The number of likely N-dealkylation sites (N-methyl/N-ethyl adjacent to an activating group) is 1. The second-order valence-electron chi connectivity index (χ2n) is 4.51. The topological polar surface area (TPSA) is 41.9 Å². The van der Waals surface area contributed by atoms with Crippen molar-refractivity contribution in [2.75, 3.05) is 47.1 Å². The van der Waals surface area contributed by atoms with Gasteiger partial charge < -0.3 is 19.5 Å². The van der Waals surface area contributed by atoms with Crippen LogP contribution in [-0.4, -0.2) is 62.7 Å². The van der Waals surface area contributed by atoms with Gasteiger partial charge in [0.05, 0.1) is 18.8 Å². The standard InChI is InChI=1S/C11H25NO3/c1-11(2,13)10-12(3)6-5-7-15-9-8-14-4/h13H,5-10H2,1-4H3. The van der Waals surface area contributed by atoms with Gasteiger partial charge in [-0.25, -0.2) is 0 Å². The molecule has 0 aliphatic rings. The van der Waals surface area contributed by atoms with Crippen LogP contribution in [0.5, 0.6) is 0 Å². The van der Waals surface area contributed by atoms with Gasteiger partial charge in [0.15, 0.2) is 0 Å². The van der Waals surface area contributed by atoms with Crippen LogP contribution in [0.3, 0.4) is 0 Å². The monoisotopic (exact) mass is 219 g/mol. The number of hydrogen-bond acceptors (Lipinski definition) is 4. The van der Waals surface area contributed by atoms with E-state index in [1.54, 1.807) is 7.11 Å². The minimum Gasteiger partial charge on any atom is -0.389 e. The first kappa shape index (κ1) is 14.8. The molecule has 0 fully saturated rings. The fourth-order valence-electron chi connectivity index (χ4n) is 1.42. The van der Waals surface area contributed by atoms with Crippen LogP contribution in [0.2, 0.25) is 0 Å². The molecule has 0 aromatic carbocycles. The Morgan fingerprint density at radius 2 is 1.87 bits per heavy atom. The third kappa shape index (κ3) is 11.8. The summed E-state index contributed by atoms with van der Waals surface area (Å²) in [5, 5.41) is 9.57. The van der Waals surface area contributed by atoms with E-state index in [0.717, 1.165) is 19.6 Å². The van der Waals surface area contributed by atoms with Crippen LogP contribution in [0.15, 0.2) is 0 Å². The summed E-state index contributed by atoms with van der Waals surface area (Å²) in [6.07, 6.45) is 0.982. The van der Waals surface area contributed by atoms with E-state index in [0.29, 0.717) is 19.8 Å². The molecule has 0 amide bonds. The van der Waals surface area contributed by atoms with Gasteiger partial charge in [0.25, 0.3) is 0 Å². The average Bonchev–Trinajstić information content (AvgIpc) is 2.08. The van der Waals surface area contributed by atoms with Crippen LogP contribution >= 0.6 is 0 Å². The zero-order valence-electron chi connectivity index (χ0n) is 10.5. The van der Waals surface area contributed by atoms with Crippen molar-refractivity contribution in [3.63, 3.8) is 0 Å². The van der Waals surface area contributed by atoms with Crippen molar-refractivity contribution in [1.82, 2.24) is 4.90 Å². The summed E-state index contributed by atoms with van der Waals surface area (Å²) < 4.78 is 10.2. The van der Waals surface area contributed by atoms with E-state index in [9.17, 15) is 5.11 Å². The van der Waals surface area contributed by atoms with E-state index in [1.165, 1.54) is 0 Å². The Morgan fingerprint density at radius 3 is 2.40 bits per heavy atom. The van der Waals surface area contributed by atoms with E-state index in [-0.39, 0.29) is 0 Å². The molecule has 0 heterocycles. The quantitative estimate of drug-likeness (QED) is 0.581. The Hall–Kier alpha value is -0.160. The third-order valence-electron chi connectivity index (χ3n) is 1.92. The first-order valence-corrected chi connectivity index (χ1v) is 5.43. The summed E-state index contributed by atoms with van der Waals surface area (Å²) in [5.41, 5.74) is -0.619. The molecule has 0 aromatic rings. The summed E-state index contributed by atoms with van der Waals surface area (Å²) in [7, 11) is 3.67. The van der Waals surface area contributed by atoms with Crippen molar-refractivity contribution in [1.29, 1.82) is 0 Å². The van der Waals surface area contributed by atoms with Crippen LogP contribution in [0.1, 0.15) is 20.3 Å². The van der Waals surface area contributed by atoms with Crippen LogP contribution in [-0.2, 0) is 9.47 Å². The highest BCUT2D eigenvalue weighted by Gasteiger charge is 2.14. The summed E-state index contributed by atoms with van der Waals surface area (Å²) >= 11 is 0. The normalized spacial score (nSPS) is 12.4. The Kier molecular flexibility index (Phi) is 7.96. The highest BCUT2D eigenvalue weighted by atomic mass is 16.5. The summed E-state index contributed by atoms with van der Waals surface area (Å²) in [6.45, 7) is 7.32. The Labute approximate surface area is 93.2 Å². The molecule has 0 saturated heterocycles. The number of aliphatic hydroxyl groups is 1. The Balaban J connectivity index is 3.28. The largest absolute Gasteiger partial charge is 0.389 e. The lowest BCUT2D eigenvalue weighted by Gasteiger charge is -2.25. The molecule has 15 heavy (non-hydrogen) atoms. The van der Waals surface area contributed by atoms with Crippen molar-refractivity contribution in [3.8, 4) is 0 Å². The number of ether oxygens (including phenoxy) is 2. The van der Waals surface area contributed by atoms with Gasteiger partial charge in [-0.05, 0) is 27.3 Å². The van der Waals surface area contributed by atoms with E-state index in [1.807, 2.05) is 20.9 Å². The van der Waals surface area contributed by atoms with E-state index >= 15 is 0 Å². The molecule has 0 atom stereocenters. The highest BCUT2D eigenvalue weighted by Crippen LogP contribution is 2.03. The summed E-state index contributed by atoms with van der Waals surface area (Å²) in [6, 6.07) is 0. The van der Waals surface area contributed by atoms with Crippen molar-refractivity contribution >= 4 is 0 Å². The molecule has 0 unspecified atom stereocenters. The molecule has 1 N–H and O–H groups in total. The van der Waals surface area contributed by atoms with Crippen LogP contribution in [0.25, 0.3) is 0 Å². The van der Waals surface area contributed by atoms with Crippen LogP contribution in [0, 0.1) is 0 Å². The van der Waals surface area contributed by atoms with Gasteiger partial charge in [-0.15, -0.1) is 0 Å². The van der Waals surface area contributed by atoms with Gasteiger partial charge in [-0.2, -0.15) is 0 Å². The Bertz CT molecular complexity index is 145. The molecule has 0 saturated carbocycles. The van der Waals surface area contributed by atoms with E-state index in [4.69, 9.17) is 9.47 Å². The second-order valence-corrected chi connectivity index (χ2v) is 4.51. The second kappa shape index (κ2) is 8.05. The van der Waals surface area contributed by atoms with Gasteiger partial charge >= 0.3 is 0 Å². The number of nitrogens with zero attached hydrogens (tertiary/aromatic N) is 1. The first-order valence-electron chi connectivity index (χ1n) is 5.43. The minimum atomic E-state index is -0.619. The number of rotatable bonds is 9. The molecule has 0 spiro atoms. The van der Waals surface area contributed by atoms with Crippen molar-refractivity contribution in [3.05, 3.63) is 0 Å². The zero-order chi connectivity index (χ0) is 11.7.